The van der Waals surface area contributed by atoms with Gasteiger partial charge in [-0.2, -0.15) is 0 Å². The average molecular weight is 320 g/mol. The molecule has 0 saturated carbocycles. The van der Waals surface area contributed by atoms with Crippen molar-refractivity contribution in [2.24, 2.45) is 0 Å². The summed E-state index contributed by atoms with van der Waals surface area (Å²) in [6.07, 6.45) is 0. The molecule has 0 aliphatic heterocycles. The van der Waals surface area contributed by atoms with Crippen LogP contribution in [-0.4, -0.2) is 16.1 Å². The summed E-state index contributed by atoms with van der Waals surface area (Å²) in [7, 11) is 0. The average Bonchev–Trinajstić information content (AvgIpc) is 2.37. The molecule has 0 amide bonds. The first-order valence-corrected chi connectivity index (χ1v) is 6.78. The zero-order valence-electron chi connectivity index (χ0n) is 10.7. The molecule has 0 aliphatic carbocycles. The molecule has 2 aromatic rings. The van der Waals surface area contributed by atoms with Crippen molar-refractivity contribution in [1.29, 1.82) is 0 Å². The Hall–Kier alpha value is -1.68. The van der Waals surface area contributed by atoms with Crippen molar-refractivity contribution >= 4 is 21.9 Å². The highest BCUT2D eigenvalue weighted by atomic mass is 79.9. The van der Waals surface area contributed by atoms with Crippen LogP contribution in [-0.2, 0) is 0 Å². The number of aromatic carboxylic acids is 1. The fourth-order valence-electron chi connectivity index (χ4n) is 1.90. The molecule has 0 aliphatic rings. The lowest BCUT2D eigenvalue weighted by Crippen LogP contribution is -2.07. The van der Waals surface area contributed by atoms with Crippen LogP contribution < -0.4 is 0 Å². The van der Waals surface area contributed by atoms with Crippen molar-refractivity contribution in [1.82, 2.24) is 4.98 Å². The lowest BCUT2D eigenvalue weighted by Gasteiger charge is -2.11. The number of hydrogen-bond donors (Lipinski definition) is 1. The van der Waals surface area contributed by atoms with Gasteiger partial charge in [0.2, 0.25) is 0 Å². The molecule has 3 nitrogen and oxygen atoms in total. The summed E-state index contributed by atoms with van der Waals surface area (Å²) in [6.45, 7) is 3.89. The third kappa shape index (κ3) is 3.01. The Morgan fingerprint density at radius 2 is 2.00 bits per heavy atom. The maximum atomic E-state index is 11.2. The van der Waals surface area contributed by atoms with Crippen molar-refractivity contribution in [3.05, 3.63) is 52.1 Å². The van der Waals surface area contributed by atoms with E-state index >= 15 is 0 Å². The maximum absolute atomic E-state index is 11.2. The van der Waals surface area contributed by atoms with Crippen LogP contribution >= 0.6 is 15.9 Å². The minimum absolute atomic E-state index is 0.0678. The summed E-state index contributed by atoms with van der Waals surface area (Å²) in [5.41, 5.74) is 2.64. The van der Waals surface area contributed by atoms with E-state index in [0.717, 1.165) is 15.7 Å². The highest BCUT2D eigenvalue weighted by molar-refractivity contribution is 9.10. The largest absolute Gasteiger partial charge is 0.478 e. The van der Waals surface area contributed by atoms with E-state index in [-0.39, 0.29) is 11.5 Å². The third-order valence-corrected chi connectivity index (χ3v) is 3.32. The number of benzene rings is 1. The Labute approximate surface area is 120 Å². The van der Waals surface area contributed by atoms with Crippen LogP contribution in [0.4, 0.5) is 0 Å². The summed E-state index contributed by atoms with van der Waals surface area (Å²) in [5, 5.41) is 9.17. The first kappa shape index (κ1) is 13.7. The number of pyridine rings is 1. The molecule has 0 unspecified atom stereocenters. The van der Waals surface area contributed by atoms with Gasteiger partial charge in [0.1, 0.15) is 0 Å². The molecule has 2 rings (SSSR count). The molecular formula is C15H14BrNO2. The van der Waals surface area contributed by atoms with Gasteiger partial charge in [-0.15, -0.1) is 0 Å². The van der Waals surface area contributed by atoms with Crippen molar-refractivity contribution in [3.63, 3.8) is 0 Å². The van der Waals surface area contributed by atoms with E-state index in [4.69, 9.17) is 0 Å². The molecule has 4 heteroatoms. The van der Waals surface area contributed by atoms with Crippen molar-refractivity contribution in [2.75, 3.05) is 0 Å². The second-order valence-electron chi connectivity index (χ2n) is 4.60. The SMILES string of the molecule is CC(C)c1nc(-c2cccc(Br)c2)ccc1C(=O)O. The molecular weight excluding hydrogens is 306 g/mol. The number of nitrogens with zero attached hydrogens (tertiary/aromatic N) is 1. The number of rotatable bonds is 3. The van der Waals surface area contributed by atoms with E-state index in [1.54, 1.807) is 12.1 Å². The predicted octanol–water partition coefficient (Wildman–Crippen LogP) is 4.33. The summed E-state index contributed by atoms with van der Waals surface area (Å²) in [6, 6.07) is 11.2. The zero-order chi connectivity index (χ0) is 14.0. The number of halogens is 1. The third-order valence-electron chi connectivity index (χ3n) is 2.82. The summed E-state index contributed by atoms with van der Waals surface area (Å²) < 4.78 is 0.972. The van der Waals surface area contributed by atoms with Crippen LogP contribution in [0.15, 0.2) is 40.9 Å². The molecule has 1 heterocycles. The normalized spacial score (nSPS) is 10.7. The Morgan fingerprint density at radius 3 is 2.58 bits per heavy atom. The van der Waals surface area contributed by atoms with Gasteiger partial charge >= 0.3 is 5.97 Å². The lowest BCUT2D eigenvalue weighted by atomic mass is 10.0. The van der Waals surface area contributed by atoms with Crippen molar-refractivity contribution in [3.8, 4) is 11.3 Å². The molecule has 0 atom stereocenters. The fourth-order valence-corrected chi connectivity index (χ4v) is 2.30. The number of hydrogen-bond acceptors (Lipinski definition) is 2. The summed E-state index contributed by atoms with van der Waals surface area (Å²) in [5.74, 6) is -0.866. The van der Waals surface area contributed by atoms with Gasteiger partial charge in [0.25, 0.3) is 0 Å². The molecule has 1 aromatic heterocycles. The Balaban J connectivity index is 2.55. The van der Waals surface area contributed by atoms with Crippen LogP contribution in [0.1, 0.15) is 35.8 Å². The quantitative estimate of drug-likeness (QED) is 0.915. The number of carboxylic acid groups (broad SMARTS) is 1. The smallest absolute Gasteiger partial charge is 0.337 e. The monoisotopic (exact) mass is 319 g/mol. The number of aromatic nitrogens is 1. The van der Waals surface area contributed by atoms with Gasteiger partial charge in [0, 0.05) is 10.0 Å². The van der Waals surface area contributed by atoms with Gasteiger partial charge in [-0.05, 0) is 30.2 Å². The van der Waals surface area contributed by atoms with E-state index in [9.17, 15) is 9.90 Å². The standard InChI is InChI=1S/C15H14BrNO2/c1-9(2)14-12(15(18)19)6-7-13(17-14)10-4-3-5-11(16)8-10/h3-9H,1-2H3,(H,18,19). The van der Waals surface area contributed by atoms with Crippen molar-refractivity contribution < 1.29 is 9.90 Å². The van der Waals surface area contributed by atoms with E-state index in [2.05, 4.69) is 20.9 Å². The van der Waals surface area contributed by atoms with E-state index in [1.807, 2.05) is 38.1 Å². The Kier molecular flexibility index (Phi) is 4.00. The molecule has 0 radical (unpaired) electrons. The first-order chi connectivity index (χ1) is 8.99. The fraction of sp³-hybridized carbons (Fsp3) is 0.200. The van der Waals surface area contributed by atoms with Gasteiger partial charge in [-0.1, -0.05) is 41.9 Å². The molecule has 0 bridgehead atoms. The molecule has 1 N–H and O–H groups in total. The van der Waals surface area contributed by atoms with Gasteiger partial charge < -0.3 is 5.11 Å². The van der Waals surface area contributed by atoms with Crippen LogP contribution in [0.25, 0.3) is 11.3 Å². The second-order valence-corrected chi connectivity index (χ2v) is 5.52. The van der Waals surface area contributed by atoms with Crippen LogP contribution in [0, 0.1) is 0 Å². The van der Waals surface area contributed by atoms with E-state index < -0.39 is 5.97 Å². The highest BCUT2D eigenvalue weighted by Gasteiger charge is 2.15. The summed E-state index contributed by atoms with van der Waals surface area (Å²) in [4.78, 5) is 15.7. The molecule has 0 fully saturated rings. The van der Waals surface area contributed by atoms with Gasteiger partial charge in [0.15, 0.2) is 0 Å². The van der Waals surface area contributed by atoms with Crippen LogP contribution in [0.2, 0.25) is 0 Å². The summed E-state index contributed by atoms with van der Waals surface area (Å²) >= 11 is 3.42. The molecule has 19 heavy (non-hydrogen) atoms. The molecule has 0 saturated heterocycles. The zero-order valence-corrected chi connectivity index (χ0v) is 12.3. The Morgan fingerprint density at radius 1 is 1.26 bits per heavy atom. The van der Waals surface area contributed by atoms with E-state index in [1.165, 1.54) is 0 Å². The van der Waals surface area contributed by atoms with Crippen LogP contribution in [0.5, 0.6) is 0 Å². The van der Waals surface area contributed by atoms with Crippen LogP contribution in [0.3, 0.4) is 0 Å². The van der Waals surface area contributed by atoms with Gasteiger partial charge in [-0.3, -0.25) is 4.98 Å². The Bertz CT molecular complexity index is 623. The second kappa shape index (κ2) is 5.53. The minimum Gasteiger partial charge on any atom is -0.478 e. The lowest BCUT2D eigenvalue weighted by molar-refractivity contribution is 0.0694. The first-order valence-electron chi connectivity index (χ1n) is 5.99. The minimum atomic E-state index is -0.933. The molecule has 1 aromatic carbocycles. The predicted molar refractivity (Wildman–Crippen MR) is 78.4 cm³/mol. The molecule has 98 valence electrons. The number of carboxylic acids is 1. The highest BCUT2D eigenvalue weighted by Crippen LogP contribution is 2.25. The van der Waals surface area contributed by atoms with E-state index in [0.29, 0.717) is 5.69 Å². The number of carbonyl (C=O) groups is 1. The van der Waals surface area contributed by atoms with Crippen molar-refractivity contribution in [2.45, 2.75) is 19.8 Å². The molecule has 0 spiro atoms. The van der Waals surface area contributed by atoms with Gasteiger partial charge in [-0.25, -0.2) is 4.79 Å². The van der Waals surface area contributed by atoms with Gasteiger partial charge in [0.05, 0.1) is 17.0 Å². The topological polar surface area (TPSA) is 50.2 Å². The maximum Gasteiger partial charge on any atom is 0.337 e.